The third-order valence-electron chi connectivity index (χ3n) is 10.7. The van der Waals surface area contributed by atoms with Crippen LogP contribution in [-0.2, 0) is 23.8 Å². The van der Waals surface area contributed by atoms with Crippen LogP contribution in [0.3, 0.4) is 0 Å². The highest BCUT2D eigenvalue weighted by Gasteiger charge is 2.17. The second-order valence-corrected chi connectivity index (χ2v) is 16.7. The number of esters is 2. The lowest BCUT2D eigenvalue weighted by molar-refractivity contribution is -0.163. The van der Waals surface area contributed by atoms with E-state index in [-0.39, 0.29) is 25.2 Å². The largest absolute Gasteiger partial charge is 0.462 e. The first-order valence-corrected chi connectivity index (χ1v) is 25.5. The highest BCUT2D eigenvalue weighted by Crippen LogP contribution is 2.14. The summed E-state index contributed by atoms with van der Waals surface area (Å²) in [7, 11) is 0. The molecule has 0 bridgehead atoms. The Balaban J connectivity index is 4.20. The minimum atomic E-state index is -0.546. The van der Waals surface area contributed by atoms with Gasteiger partial charge in [-0.25, -0.2) is 0 Å². The van der Waals surface area contributed by atoms with Gasteiger partial charge in [0.25, 0.3) is 0 Å². The Morgan fingerprint density at radius 1 is 0.383 bits per heavy atom. The second-order valence-electron chi connectivity index (χ2n) is 16.7. The fraction of sp³-hybridized carbons (Fsp3) is 0.745. The Morgan fingerprint density at radius 3 is 1.23 bits per heavy atom. The molecule has 0 N–H and O–H groups in total. The highest BCUT2D eigenvalue weighted by atomic mass is 16.6. The molecule has 0 saturated carbocycles. The molecule has 0 radical (unpaired) electrons. The molecule has 0 aliphatic rings. The third-order valence-corrected chi connectivity index (χ3v) is 10.7. The maximum Gasteiger partial charge on any atom is 0.306 e. The number of rotatable bonds is 46. The Bertz CT molecular complexity index is 1080. The van der Waals surface area contributed by atoms with E-state index in [4.69, 9.17) is 14.2 Å². The molecule has 0 aliphatic heterocycles. The molecule has 1 atom stereocenters. The average molecular weight is 837 g/mol. The number of ether oxygens (including phenoxy) is 3. The van der Waals surface area contributed by atoms with E-state index in [1.807, 2.05) is 0 Å². The Hall–Kier alpha value is -2.66. The van der Waals surface area contributed by atoms with Crippen LogP contribution in [0.25, 0.3) is 0 Å². The standard InChI is InChI=1S/C55H96O5/c1-4-7-10-13-16-19-21-23-25-27-28-30-31-33-35-37-39-42-45-48-54(56)59-52-53(51-58-50-47-44-41-18-15-12-9-6-3)60-55(57)49-46-43-40-38-36-34-32-29-26-24-22-20-17-14-11-8-5-2/h8,11,16-17,19-20,23-26,28,30,53H,4-7,9-10,12-15,18,21-22,27,29,31-52H2,1-3H3/b11-8-,19-16-,20-17-,25-23-,26-24-,30-28-. The molecule has 0 amide bonds. The van der Waals surface area contributed by atoms with Crippen molar-refractivity contribution in [3.63, 3.8) is 0 Å². The van der Waals surface area contributed by atoms with Gasteiger partial charge >= 0.3 is 11.9 Å². The molecule has 0 saturated heterocycles. The van der Waals surface area contributed by atoms with Gasteiger partial charge in [-0.1, -0.05) is 209 Å². The first-order valence-electron chi connectivity index (χ1n) is 25.5. The van der Waals surface area contributed by atoms with E-state index in [1.165, 1.54) is 109 Å². The van der Waals surface area contributed by atoms with Crippen LogP contribution in [0.1, 0.15) is 239 Å². The monoisotopic (exact) mass is 837 g/mol. The van der Waals surface area contributed by atoms with Gasteiger partial charge in [-0.05, 0) is 89.9 Å². The SMILES string of the molecule is CC/C=C\C/C=C\C/C=C\CCCCCCCCCC(=O)OC(COCCCCCCCCCC)COC(=O)CCCCCCCC/C=C\C/C=C\C/C=C\CCCCC. The number of hydrogen-bond acceptors (Lipinski definition) is 5. The molecule has 0 heterocycles. The van der Waals surface area contributed by atoms with Crippen LogP contribution >= 0.6 is 0 Å². The summed E-state index contributed by atoms with van der Waals surface area (Å²) in [5.41, 5.74) is 0. The molecule has 0 fully saturated rings. The molecule has 5 nitrogen and oxygen atoms in total. The molecule has 0 spiro atoms. The highest BCUT2D eigenvalue weighted by molar-refractivity contribution is 5.70. The van der Waals surface area contributed by atoms with E-state index in [1.54, 1.807) is 0 Å². The van der Waals surface area contributed by atoms with Crippen molar-refractivity contribution in [2.75, 3.05) is 19.8 Å². The van der Waals surface area contributed by atoms with Gasteiger partial charge in [0, 0.05) is 19.4 Å². The van der Waals surface area contributed by atoms with E-state index < -0.39 is 6.10 Å². The lowest BCUT2D eigenvalue weighted by Gasteiger charge is -2.18. The number of allylic oxidation sites excluding steroid dienone is 12. The summed E-state index contributed by atoms with van der Waals surface area (Å²) < 4.78 is 17.3. The van der Waals surface area contributed by atoms with Crippen molar-refractivity contribution < 1.29 is 23.8 Å². The normalized spacial score (nSPS) is 12.8. The number of unbranched alkanes of at least 4 members (excludes halogenated alkanes) is 23. The first kappa shape index (κ1) is 57.3. The van der Waals surface area contributed by atoms with Crippen LogP contribution in [0.5, 0.6) is 0 Å². The van der Waals surface area contributed by atoms with Crippen molar-refractivity contribution in [3.8, 4) is 0 Å². The van der Waals surface area contributed by atoms with Gasteiger partial charge in [-0.2, -0.15) is 0 Å². The van der Waals surface area contributed by atoms with Crippen molar-refractivity contribution in [1.82, 2.24) is 0 Å². The van der Waals surface area contributed by atoms with E-state index in [0.29, 0.717) is 19.4 Å². The minimum absolute atomic E-state index is 0.0734. The summed E-state index contributed by atoms with van der Waals surface area (Å²) in [4.78, 5) is 25.3. The van der Waals surface area contributed by atoms with Gasteiger partial charge in [0.1, 0.15) is 6.61 Å². The number of carbonyl (C=O) groups excluding carboxylic acids is 2. The van der Waals surface area contributed by atoms with Crippen LogP contribution < -0.4 is 0 Å². The first-order chi connectivity index (χ1) is 29.6. The van der Waals surface area contributed by atoms with Crippen molar-refractivity contribution in [2.45, 2.75) is 245 Å². The van der Waals surface area contributed by atoms with Gasteiger partial charge in [-0.15, -0.1) is 0 Å². The van der Waals surface area contributed by atoms with Gasteiger partial charge < -0.3 is 14.2 Å². The van der Waals surface area contributed by atoms with Crippen LogP contribution in [0.2, 0.25) is 0 Å². The topological polar surface area (TPSA) is 61.8 Å². The number of hydrogen-bond donors (Lipinski definition) is 0. The molecule has 0 rings (SSSR count). The molecule has 0 aliphatic carbocycles. The van der Waals surface area contributed by atoms with Gasteiger partial charge in [0.05, 0.1) is 6.61 Å². The summed E-state index contributed by atoms with van der Waals surface area (Å²) in [6.07, 6.45) is 64.8. The minimum Gasteiger partial charge on any atom is -0.462 e. The van der Waals surface area contributed by atoms with Gasteiger partial charge in [-0.3, -0.25) is 9.59 Å². The Labute approximate surface area is 372 Å². The fourth-order valence-corrected chi connectivity index (χ4v) is 6.94. The van der Waals surface area contributed by atoms with Crippen molar-refractivity contribution in [2.24, 2.45) is 0 Å². The van der Waals surface area contributed by atoms with Crippen molar-refractivity contribution in [1.29, 1.82) is 0 Å². The van der Waals surface area contributed by atoms with Gasteiger partial charge in [0.2, 0.25) is 0 Å². The summed E-state index contributed by atoms with van der Waals surface area (Å²) in [5.74, 6) is -0.421. The van der Waals surface area contributed by atoms with Crippen molar-refractivity contribution >= 4 is 11.9 Å². The molecule has 5 heteroatoms. The number of carbonyl (C=O) groups is 2. The maximum absolute atomic E-state index is 12.8. The van der Waals surface area contributed by atoms with E-state index in [2.05, 4.69) is 93.7 Å². The molecular formula is C55H96O5. The maximum atomic E-state index is 12.8. The molecule has 346 valence electrons. The second kappa shape index (κ2) is 50.7. The smallest absolute Gasteiger partial charge is 0.306 e. The quantitative estimate of drug-likeness (QED) is 0.0347. The summed E-state index contributed by atoms with van der Waals surface area (Å²) in [5, 5.41) is 0. The Morgan fingerprint density at radius 2 is 0.750 bits per heavy atom. The molecule has 1 unspecified atom stereocenters. The lowest BCUT2D eigenvalue weighted by atomic mass is 10.1. The average Bonchev–Trinajstić information content (AvgIpc) is 3.25. The van der Waals surface area contributed by atoms with E-state index >= 15 is 0 Å². The summed E-state index contributed by atoms with van der Waals surface area (Å²) in [6, 6.07) is 0. The summed E-state index contributed by atoms with van der Waals surface area (Å²) in [6.45, 7) is 7.66. The molecule has 60 heavy (non-hydrogen) atoms. The zero-order chi connectivity index (χ0) is 43.5. The van der Waals surface area contributed by atoms with E-state index in [9.17, 15) is 9.59 Å². The summed E-state index contributed by atoms with van der Waals surface area (Å²) >= 11 is 0. The molecular weight excluding hydrogens is 741 g/mol. The zero-order valence-corrected chi connectivity index (χ0v) is 39.7. The lowest BCUT2D eigenvalue weighted by Crippen LogP contribution is -2.30. The van der Waals surface area contributed by atoms with E-state index in [0.717, 1.165) is 96.3 Å². The molecule has 0 aromatic carbocycles. The molecule has 0 aromatic heterocycles. The van der Waals surface area contributed by atoms with Crippen LogP contribution in [0.4, 0.5) is 0 Å². The predicted molar refractivity (Wildman–Crippen MR) is 260 cm³/mol. The van der Waals surface area contributed by atoms with Crippen LogP contribution in [0.15, 0.2) is 72.9 Å². The Kier molecular flexibility index (Phi) is 48.4. The fourth-order valence-electron chi connectivity index (χ4n) is 6.94. The third kappa shape index (κ3) is 48.0. The zero-order valence-electron chi connectivity index (χ0n) is 39.7. The van der Waals surface area contributed by atoms with Crippen LogP contribution in [-0.4, -0.2) is 37.9 Å². The van der Waals surface area contributed by atoms with Crippen molar-refractivity contribution in [3.05, 3.63) is 72.9 Å². The predicted octanol–water partition coefficient (Wildman–Crippen LogP) is 17.1. The van der Waals surface area contributed by atoms with Crippen LogP contribution in [0, 0.1) is 0 Å². The molecule has 0 aromatic rings. The van der Waals surface area contributed by atoms with Gasteiger partial charge in [0.15, 0.2) is 6.10 Å².